The van der Waals surface area contributed by atoms with Crippen LogP contribution in [0.2, 0.25) is 10.0 Å². The number of nitrogens with zero attached hydrogens (tertiary/aromatic N) is 1. The highest BCUT2D eigenvalue weighted by Gasteiger charge is 2.14. The van der Waals surface area contributed by atoms with Crippen LogP contribution in [0.5, 0.6) is 0 Å². The average Bonchev–Trinajstić information content (AvgIpc) is 2.45. The predicted molar refractivity (Wildman–Crippen MR) is 79.1 cm³/mol. The van der Waals surface area contributed by atoms with Crippen molar-refractivity contribution in [3.05, 3.63) is 63.9 Å². The van der Waals surface area contributed by atoms with E-state index in [-0.39, 0.29) is 6.04 Å². The van der Waals surface area contributed by atoms with Crippen molar-refractivity contribution in [3.8, 4) is 0 Å². The minimum absolute atomic E-state index is 0.0284. The smallest absolute Gasteiger partial charge is 0.0640 e. The third kappa shape index (κ3) is 3.67. The minimum atomic E-state index is -0.0284. The van der Waals surface area contributed by atoms with Gasteiger partial charge in [0.2, 0.25) is 0 Å². The number of hydrazine groups is 1. The summed E-state index contributed by atoms with van der Waals surface area (Å²) in [7, 11) is 0. The normalized spacial score (nSPS) is 12.4. The molecule has 1 aromatic heterocycles. The van der Waals surface area contributed by atoms with E-state index in [2.05, 4.69) is 10.4 Å². The lowest BCUT2D eigenvalue weighted by Gasteiger charge is -2.18. The first kappa shape index (κ1) is 14.3. The van der Waals surface area contributed by atoms with Crippen LogP contribution in [0.25, 0.3) is 0 Å². The molecule has 0 amide bonds. The molecule has 2 aromatic rings. The van der Waals surface area contributed by atoms with Gasteiger partial charge in [0, 0.05) is 18.4 Å². The van der Waals surface area contributed by atoms with Crippen molar-refractivity contribution in [1.29, 1.82) is 0 Å². The zero-order valence-corrected chi connectivity index (χ0v) is 11.8. The van der Waals surface area contributed by atoms with Crippen LogP contribution in [-0.4, -0.2) is 4.98 Å². The molecule has 0 spiro atoms. The Morgan fingerprint density at radius 2 is 1.89 bits per heavy atom. The molecule has 0 saturated carbocycles. The molecule has 0 aliphatic carbocycles. The van der Waals surface area contributed by atoms with Crippen molar-refractivity contribution in [1.82, 2.24) is 10.4 Å². The molecule has 0 radical (unpaired) electrons. The van der Waals surface area contributed by atoms with Crippen molar-refractivity contribution in [2.45, 2.75) is 18.9 Å². The second kappa shape index (κ2) is 6.87. The molecule has 2 rings (SSSR count). The fourth-order valence-electron chi connectivity index (χ4n) is 1.98. The Morgan fingerprint density at radius 3 is 2.58 bits per heavy atom. The summed E-state index contributed by atoms with van der Waals surface area (Å²) >= 11 is 12.2. The second-order valence-corrected chi connectivity index (χ2v) is 5.04. The Hall–Kier alpha value is -1.13. The van der Waals surface area contributed by atoms with Gasteiger partial charge in [-0.3, -0.25) is 16.3 Å². The number of nitrogens with one attached hydrogen (secondary N) is 1. The molecule has 1 heterocycles. The summed E-state index contributed by atoms with van der Waals surface area (Å²) in [4.78, 5) is 4.00. The maximum Gasteiger partial charge on any atom is 0.0640 e. The zero-order chi connectivity index (χ0) is 13.7. The van der Waals surface area contributed by atoms with Gasteiger partial charge >= 0.3 is 0 Å². The third-order valence-corrected chi connectivity index (χ3v) is 3.86. The number of halogens is 2. The lowest BCUT2D eigenvalue weighted by Crippen LogP contribution is -2.28. The molecule has 1 unspecified atom stereocenters. The Balaban J connectivity index is 2.10. The van der Waals surface area contributed by atoms with E-state index in [4.69, 9.17) is 29.0 Å². The van der Waals surface area contributed by atoms with Crippen molar-refractivity contribution >= 4 is 23.2 Å². The SMILES string of the molecule is NNC(CCc1ccncc1)c1cccc(Cl)c1Cl. The van der Waals surface area contributed by atoms with E-state index in [1.54, 1.807) is 18.5 Å². The first-order valence-electron chi connectivity index (χ1n) is 6.01. The van der Waals surface area contributed by atoms with E-state index in [9.17, 15) is 0 Å². The summed E-state index contributed by atoms with van der Waals surface area (Å²) < 4.78 is 0. The van der Waals surface area contributed by atoms with Crippen LogP contribution < -0.4 is 11.3 Å². The van der Waals surface area contributed by atoms with Gasteiger partial charge < -0.3 is 0 Å². The number of aromatic nitrogens is 1. The van der Waals surface area contributed by atoms with Gasteiger partial charge in [0.25, 0.3) is 0 Å². The molecule has 0 saturated heterocycles. The summed E-state index contributed by atoms with van der Waals surface area (Å²) in [5, 5.41) is 1.10. The first-order valence-corrected chi connectivity index (χ1v) is 6.77. The zero-order valence-electron chi connectivity index (χ0n) is 10.3. The standard InChI is InChI=1S/C14H15Cl2N3/c15-12-3-1-2-11(14(12)16)13(19-17)5-4-10-6-8-18-9-7-10/h1-3,6-9,13,19H,4-5,17H2. The van der Waals surface area contributed by atoms with Crippen LogP contribution in [0.15, 0.2) is 42.7 Å². The van der Waals surface area contributed by atoms with Gasteiger partial charge in [-0.1, -0.05) is 35.3 Å². The number of nitrogens with two attached hydrogens (primary N) is 1. The molecule has 1 atom stereocenters. The molecule has 0 aliphatic heterocycles. The number of hydrogen-bond acceptors (Lipinski definition) is 3. The van der Waals surface area contributed by atoms with Crippen LogP contribution in [0, 0.1) is 0 Å². The highest BCUT2D eigenvalue weighted by molar-refractivity contribution is 6.42. The second-order valence-electron chi connectivity index (χ2n) is 4.26. The Bertz CT molecular complexity index is 531. The van der Waals surface area contributed by atoms with Crippen molar-refractivity contribution in [2.75, 3.05) is 0 Å². The first-order chi connectivity index (χ1) is 9.22. The summed E-state index contributed by atoms with van der Waals surface area (Å²) in [5.74, 6) is 5.62. The molecule has 0 aliphatic rings. The van der Waals surface area contributed by atoms with E-state index in [1.165, 1.54) is 5.56 Å². The molecule has 1 aromatic carbocycles. The van der Waals surface area contributed by atoms with Gasteiger partial charge in [-0.2, -0.15) is 0 Å². The summed E-state index contributed by atoms with van der Waals surface area (Å²) in [6.07, 6.45) is 5.29. The van der Waals surface area contributed by atoms with Crippen LogP contribution in [0.3, 0.4) is 0 Å². The number of rotatable bonds is 5. The Labute approximate surface area is 122 Å². The monoisotopic (exact) mass is 295 g/mol. The van der Waals surface area contributed by atoms with Gasteiger partial charge in [0.15, 0.2) is 0 Å². The van der Waals surface area contributed by atoms with Crippen LogP contribution in [-0.2, 0) is 6.42 Å². The third-order valence-electron chi connectivity index (χ3n) is 3.03. The molecule has 5 heteroatoms. The fourth-order valence-corrected chi connectivity index (χ4v) is 2.42. The molecule has 3 N–H and O–H groups in total. The van der Waals surface area contributed by atoms with Crippen molar-refractivity contribution in [3.63, 3.8) is 0 Å². The average molecular weight is 296 g/mol. The summed E-state index contributed by atoms with van der Waals surface area (Å²) in [6, 6.07) is 9.54. The van der Waals surface area contributed by atoms with E-state index >= 15 is 0 Å². The topological polar surface area (TPSA) is 50.9 Å². The number of aryl methyl sites for hydroxylation is 1. The molecule has 19 heavy (non-hydrogen) atoms. The van der Waals surface area contributed by atoms with E-state index in [1.807, 2.05) is 24.3 Å². The van der Waals surface area contributed by atoms with E-state index in [0.29, 0.717) is 10.0 Å². The number of benzene rings is 1. The number of hydrogen-bond donors (Lipinski definition) is 2. The predicted octanol–water partition coefficient (Wildman–Crippen LogP) is 3.53. The van der Waals surface area contributed by atoms with Gasteiger partial charge in [-0.05, 0) is 42.2 Å². The molecular formula is C14H15Cl2N3. The lowest BCUT2D eigenvalue weighted by atomic mass is 10.00. The largest absolute Gasteiger partial charge is 0.271 e. The Morgan fingerprint density at radius 1 is 1.16 bits per heavy atom. The maximum atomic E-state index is 6.21. The lowest BCUT2D eigenvalue weighted by molar-refractivity contribution is 0.516. The van der Waals surface area contributed by atoms with Crippen LogP contribution in [0.1, 0.15) is 23.6 Å². The van der Waals surface area contributed by atoms with Gasteiger partial charge in [0.1, 0.15) is 0 Å². The molecule has 0 fully saturated rings. The Kier molecular flexibility index (Phi) is 5.16. The van der Waals surface area contributed by atoms with Crippen LogP contribution in [0.4, 0.5) is 0 Å². The van der Waals surface area contributed by atoms with Gasteiger partial charge in [-0.25, -0.2) is 0 Å². The van der Waals surface area contributed by atoms with E-state index < -0.39 is 0 Å². The highest BCUT2D eigenvalue weighted by Crippen LogP contribution is 2.31. The molecule has 3 nitrogen and oxygen atoms in total. The molecular weight excluding hydrogens is 281 g/mol. The molecule has 0 bridgehead atoms. The highest BCUT2D eigenvalue weighted by atomic mass is 35.5. The quantitative estimate of drug-likeness (QED) is 0.655. The van der Waals surface area contributed by atoms with E-state index in [0.717, 1.165) is 18.4 Å². The van der Waals surface area contributed by atoms with Gasteiger partial charge in [-0.15, -0.1) is 0 Å². The minimum Gasteiger partial charge on any atom is -0.271 e. The summed E-state index contributed by atoms with van der Waals surface area (Å²) in [5.41, 5.74) is 4.94. The molecule has 100 valence electrons. The number of pyridine rings is 1. The van der Waals surface area contributed by atoms with Crippen molar-refractivity contribution < 1.29 is 0 Å². The maximum absolute atomic E-state index is 6.21. The van der Waals surface area contributed by atoms with Crippen LogP contribution >= 0.6 is 23.2 Å². The van der Waals surface area contributed by atoms with Crippen molar-refractivity contribution in [2.24, 2.45) is 5.84 Å². The fraction of sp³-hybridized carbons (Fsp3) is 0.214. The van der Waals surface area contributed by atoms with Gasteiger partial charge in [0.05, 0.1) is 10.0 Å². The summed E-state index contributed by atoms with van der Waals surface area (Å²) in [6.45, 7) is 0.